The summed E-state index contributed by atoms with van der Waals surface area (Å²) in [5, 5.41) is 30.2. The molecule has 484 valence electrons. The Hall–Kier alpha value is -8.23. The molecule has 3 aliphatic heterocycles. The summed E-state index contributed by atoms with van der Waals surface area (Å²) in [4.78, 5) is 144. The number of fused-ring (bicyclic) bond motifs is 1. The third-order valence-corrected chi connectivity index (χ3v) is 15.7. The number of aromatic nitrogens is 1. The van der Waals surface area contributed by atoms with E-state index in [0.717, 1.165) is 22.4 Å². The number of carboxylic acids is 1. The number of halogens is 1. The SMILES string of the molecule is Cc1ccc(CCCC(=O)NCCCC[C@H](NC(=O)CN2CCN(COC=O)CCN(COC=O)CCN(CC(=O)O)CC2)C(=O)NC(=O)CC(=O)N2CCN(CCCOc3ccc4nccc(C(=O)NCC(=O)N5CC(C)(F)C[C@@H]5C#N)c4c3)CC2)cc1. The van der Waals surface area contributed by atoms with E-state index >= 15 is 0 Å². The zero-order valence-electron chi connectivity index (χ0n) is 50.9. The molecule has 0 radical (unpaired) electrons. The van der Waals surface area contributed by atoms with E-state index in [0.29, 0.717) is 134 Å². The molecule has 0 saturated carbocycles. The number of nitrogens with zero attached hydrogens (tertiary/aromatic N) is 9. The van der Waals surface area contributed by atoms with E-state index in [1.54, 1.807) is 32.9 Å². The van der Waals surface area contributed by atoms with Gasteiger partial charge >= 0.3 is 5.97 Å². The van der Waals surface area contributed by atoms with E-state index in [4.69, 9.17) is 14.2 Å². The van der Waals surface area contributed by atoms with Crippen LogP contribution in [0, 0.1) is 18.3 Å². The third-order valence-electron chi connectivity index (χ3n) is 15.7. The summed E-state index contributed by atoms with van der Waals surface area (Å²) in [7, 11) is 0. The number of carbonyl (C=O) groups is 10. The molecule has 7 amide bonds. The van der Waals surface area contributed by atoms with Crippen molar-refractivity contribution in [2.45, 2.75) is 89.4 Å². The number of hydrogen-bond donors (Lipinski definition) is 5. The topological polar surface area (TPSA) is 326 Å². The van der Waals surface area contributed by atoms with Crippen LogP contribution < -0.4 is 26.0 Å². The van der Waals surface area contributed by atoms with E-state index in [1.807, 2.05) is 47.1 Å². The van der Waals surface area contributed by atoms with Crippen LogP contribution >= 0.6 is 0 Å². The van der Waals surface area contributed by atoms with Gasteiger partial charge in [-0.1, -0.05) is 29.8 Å². The number of likely N-dealkylation sites (tertiary alicyclic amines) is 1. The maximum atomic E-state index is 14.6. The summed E-state index contributed by atoms with van der Waals surface area (Å²) in [6.45, 7) is 8.00. The Morgan fingerprint density at radius 2 is 1.40 bits per heavy atom. The fraction of sp³-hybridized carbons (Fsp3) is 0.574. The van der Waals surface area contributed by atoms with Crippen LogP contribution in [0.25, 0.3) is 10.9 Å². The number of hydrogen-bond acceptors (Lipinski definition) is 20. The minimum absolute atomic E-state index is 0.0333. The third kappa shape index (κ3) is 24.3. The number of alkyl halides is 1. The minimum Gasteiger partial charge on any atom is -0.494 e. The molecule has 4 heterocycles. The number of unbranched alkanes of at least 4 members (excludes halogenated alkanes) is 1. The maximum absolute atomic E-state index is 14.6. The monoisotopic (exact) mass is 1240 g/mol. The molecule has 0 aliphatic carbocycles. The Kier molecular flexibility index (Phi) is 28.5. The highest BCUT2D eigenvalue weighted by Gasteiger charge is 2.43. The molecular weight excluding hydrogens is 1160 g/mol. The number of aryl methyl sites for hydroxylation is 2. The van der Waals surface area contributed by atoms with Gasteiger partial charge in [0, 0.05) is 116 Å². The summed E-state index contributed by atoms with van der Waals surface area (Å²) < 4.78 is 30.7. The van der Waals surface area contributed by atoms with Crippen LogP contribution in [0.4, 0.5) is 4.39 Å². The van der Waals surface area contributed by atoms with E-state index < -0.39 is 72.1 Å². The van der Waals surface area contributed by atoms with Crippen LogP contribution in [0.5, 0.6) is 5.75 Å². The van der Waals surface area contributed by atoms with Crippen molar-refractivity contribution in [1.82, 2.24) is 60.6 Å². The van der Waals surface area contributed by atoms with Crippen molar-refractivity contribution in [2.24, 2.45) is 0 Å². The lowest BCUT2D eigenvalue weighted by Crippen LogP contribution is -2.53. The molecule has 5 N–H and O–H groups in total. The van der Waals surface area contributed by atoms with Gasteiger partial charge in [0.1, 0.15) is 43.4 Å². The Labute approximate surface area is 517 Å². The second-order valence-corrected chi connectivity index (χ2v) is 22.8. The number of nitrogens with one attached hydrogen (secondary N) is 4. The summed E-state index contributed by atoms with van der Waals surface area (Å²) >= 11 is 0. The van der Waals surface area contributed by atoms with Crippen molar-refractivity contribution in [3.05, 3.63) is 71.4 Å². The van der Waals surface area contributed by atoms with Gasteiger partial charge in [0.15, 0.2) is 0 Å². The molecule has 3 fully saturated rings. The Morgan fingerprint density at radius 1 is 0.764 bits per heavy atom. The Bertz CT molecular complexity index is 2930. The van der Waals surface area contributed by atoms with Gasteiger partial charge in [0.25, 0.3) is 18.9 Å². The number of carboxylic acid groups (broad SMARTS) is 1. The molecule has 6 rings (SSSR count). The van der Waals surface area contributed by atoms with Crippen molar-refractivity contribution in [3.8, 4) is 11.8 Å². The number of pyridine rings is 1. The number of piperazine rings is 1. The lowest BCUT2D eigenvalue weighted by atomic mass is 10.1. The molecule has 27 nitrogen and oxygen atoms in total. The Morgan fingerprint density at radius 3 is 2.04 bits per heavy atom. The van der Waals surface area contributed by atoms with E-state index in [9.17, 15) is 62.7 Å². The van der Waals surface area contributed by atoms with Gasteiger partial charge in [-0.15, -0.1) is 0 Å². The minimum atomic E-state index is -1.70. The summed E-state index contributed by atoms with van der Waals surface area (Å²) in [5.41, 5.74) is 1.36. The van der Waals surface area contributed by atoms with E-state index in [1.165, 1.54) is 19.2 Å². The molecule has 89 heavy (non-hydrogen) atoms. The molecule has 3 atom stereocenters. The van der Waals surface area contributed by atoms with Gasteiger partial charge in [-0.25, -0.2) is 4.39 Å². The lowest BCUT2D eigenvalue weighted by Gasteiger charge is -2.34. The number of imide groups is 1. The first-order chi connectivity index (χ1) is 42.8. The number of aliphatic carboxylic acids is 1. The van der Waals surface area contributed by atoms with Gasteiger partial charge in [0.2, 0.25) is 35.4 Å². The average Bonchev–Trinajstić information content (AvgIpc) is 3.00. The maximum Gasteiger partial charge on any atom is 0.317 e. The number of rotatable bonds is 31. The van der Waals surface area contributed by atoms with Gasteiger partial charge in [-0.05, 0) is 82.2 Å². The van der Waals surface area contributed by atoms with Crippen LogP contribution in [0.1, 0.15) is 79.8 Å². The zero-order chi connectivity index (χ0) is 64.1. The molecule has 3 aromatic rings. The first-order valence-corrected chi connectivity index (χ1v) is 30.2. The number of ether oxygens (including phenoxy) is 3. The van der Waals surface area contributed by atoms with Crippen LogP contribution in [0.15, 0.2) is 54.7 Å². The molecule has 0 spiro atoms. The zero-order valence-corrected chi connectivity index (χ0v) is 50.9. The summed E-state index contributed by atoms with van der Waals surface area (Å²) in [5.74, 6) is -4.52. The first kappa shape index (κ1) is 69.9. The van der Waals surface area contributed by atoms with Crippen molar-refractivity contribution >= 4 is 71.2 Å². The lowest BCUT2D eigenvalue weighted by molar-refractivity contribution is -0.140. The highest BCUT2D eigenvalue weighted by atomic mass is 19.1. The fourth-order valence-electron chi connectivity index (χ4n) is 10.7. The molecule has 1 unspecified atom stereocenters. The van der Waals surface area contributed by atoms with Crippen molar-refractivity contribution in [1.29, 1.82) is 5.26 Å². The molecule has 3 aliphatic rings. The van der Waals surface area contributed by atoms with Gasteiger partial charge in [-0.2, -0.15) is 5.26 Å². The second-order valence-electron chi connectivity index (χ2n) is 22.8. The molecular formula is C61H84FN13O14. The van der Waals surface area contributed by atoms with Crippen LogP contribution in [-0.4, -0.2) is 260 Å². The number of amides is 7. The fourth-order valence-corrected chi connectivity index (χ4v) is 10.7. The molecule has 1 aromatic heterocycles. The van der Waals surface area contributed by atoms with Crippen LogP contribution in [0.3, 0.4) is 0 Å². The first-order valence-electron chi connectivity index (χ1n) is 30.2. The van der Waals surface area contributed by atoms with Crippen LogP contribution in [-0.2, 0) is 59.0 Å². The van der Waals surface area contributed by atoms with Crippen molar-refractivity contribution in [3.63, 3.8) is 0 Å². The second kappa shape index (κ2) is 36.3. The predicted molar refractivity (Wildman–Crippen MR) is 321 cm³/mol. The van der Waals surface area contributed by atoms with Crippen molar-refractivity contribution < 1.29 is 71.7 Å². The highest BCUT2D eigenvalue weighted by Crippen LogP contribution is 2.30. The normalized spacial score (nSPS) is 18.7. The average molecular weight is 1240 g/mol. The number of benzene rings is 2. The van der Waals surface area contributed by atoms with Gasteiger partial charge < -0.3 is 45.1 Å². The summed E-state index contributed by atoms with van der Waals surface area (Å²) in [6.07, 6.45) is 4.01. The van der Waals surface area contributed by atoms with Crippen LogP contribution in [0.2, 0.25) is 0 Å². The summed E-state index contributed by atoms with van der Waals surface area (Å²) in [6, 6.07) is 14.6. The quantitative estimate of drug-likeness (QED) is 0.0331. The predicted octanol–water partition coefficient (Wildman–Crippen LogP) is 0.433. The highest BCUT2D eigenvalue weighted by molar-refractivity contribution is 6.07. The number of carbonyl (C=O) groups excluding carboxylic acids is 9. The van der Waals surface area contributed by atoms with E-state index in [-0.39, 0.29) is 83.6 Å². The number of nitriles is 1. The van der Waals surface area contributed by atoms with Gasteiger partial charge in [-0.3, -0.25) is 82.7 Å². The standard InChI is InChI=1S/C61H84FN13O14/c1-45-10-12-46(13-11-45)7-5-9-53(78)65-17-4-3-8-52(67-55(80)38-70-20-21-71(39-58(83)84)23-25-73(42-88-44-77)27-26-72(24-22-70)41-87-43-76)60(86)68-54(79)34-56(81)74-30-28-69(29-31-74)19-6-32-89-48-14-15-51-50(33-48)49(16-18-64-51)59(85)66-37-57(82)75-40-61(2,62)35-47(75)36-63/h10-16,18,33,43-44,47,52H,3-9,17,19-32,34-35,37-42H2,1-2H3,(H,65,78)(H,66,85)(H,67,80)(H,83,84)(H,68,79,86)/t47-,52+,61?/m1/s1. The Balaban J connectivity index is 0.980. The molecule has 0 bridgehead atoms. The molecule has 28 heteroatoms. The van der Waals surface area contributed by atoms with E-state index in [2.05, 4.69) is 31.2 Å². The molecule has 3 saturated heterocycles. The largest absolute Gasteiger partial charge is 0.494 e. The van der Waals surface area contributed by atoms with Gasteiger partial charge in [0.05, 0.1) is 49.9 Å². The molecule has 2 aromatic carbocycles. The van der Waals surface area contributed by atoms with Crippen molar-refractivity contribution in [2.75, 3.05) is 138 Å². The smallest absolute Gasteiger partial charge is 0.317 e.